The molecule has 0 amide bonds. The van der Waals surface area contributed by atoms with E-state index in [9.17, 15) is 0 Å². The van der Waals surface area contributed by atoms with Gasteiger partial charge in [-0.2, -0.15) is 4.98 Å². The van der Waals surface area contributed by atoms with E-state index in [4.69, 9.17) is 0 Å². The highest BCUT2D eigenvalue weighted by Crippen LogP contribution is 2.07. The molecule has 21 heavy (non-hydrogen) atoms. The van der Waals surface area contributed by atoms with E-state index in [1.807, 2.05) is 18.2 Å². The number of hydrogen-bond acceptors (Lipinski definition) is 6. The summed E-state index contributed by atoms with van der Waals surface area (Å²) in [7, 11) is 4.15. The van der Waals surface area contributed by atoms with Gasteiger partial charge in [-0.1, -0.05) is 0 Å². The Bertz CT molecular complexity index is 529. The summed E-state index contributed by atoms with van der Waals surface area (Å²) in [6, 6.07) is 5.82. The highest BCUT2D eigenvalue weighted by molar-refractivity contribution is 5.39. The molecule has 0 fully saturated rings. The van der Waals surface area contributed by atoms with E-state index < -0.39 is 0 Å². The summed E-state index contributed by atoms with van der Waals surface area (Å²) in [5, 5.41) is 6.52. The largest absolute Gasteiger partial charge is 0.370 e. The Labute approximate surface area is 125 Å². The lowest BCUT2D eigenvalue weighted by Gasteiger charge is -2.11. The number of rotatable bonds is 8. The normalized spacial score (nSPS) is 10.6. The van der Waals surface area contributed by atoms with E-state index >= 15 is 0 Å². The number of hydrogen-bond donors (Lipinski definition) is 2. The average molecular weight is 286 g/mol. The van der Waals surface area contributed by atoms with E-state index in [0.717, 1.165) is 30.9 Å². The third-order valence-electron chi connectivity index (χ3n) is 2.94. The van der Waals surface area contributed by atoms with Crippen LogP contribution in [0.3, 0.4) is 0 Å². The molecule has 0 aromatic carbocycles. The highest BCUT2D eigenvalue weighted by Gasteiger charge is 1.99. The van der Waals surface area contributed by atoms with Crippen LogP contribution in [0.4, 0.5) is 11.8 Å². The lowest BCUT2D eigenvalue weighted by atomic mass is 10.3. The first-order valence-electron chi connectivity index (χ1n) is 7.08. The summed E-state index contributed by atoms with van der Waals surface area (Å²) in [4.78, 5) is 14.8. The maximum atomic E-state index is 4.44. The molecular weight excluding hydrogens is 264 g/mol. The molecule has 0 saturated carbocycles. The fraction of sp³-hybridized carbons (Fsp3) is 0.400. The van der Waals surface area contributed by atoms with Gasteiger partial charge < -0.3 is 15.5 Å². The molecule has 2 heterocycles. The predicted octanol–water partition coefficient (Wildman–Crippen LogP) is 1.85. The van der Waals surface area contributed by atoms with Crippen molar-refractivity contribution < 1.29 is 0 Å². The predicted molar refractivity (Wildman–Crippen MR) is 85.3 cm³/mol. The molecule has 2 aromatic heterocycles. The maximum Gasteiger partial charge on any atom is 0.224 e. The number of pyridine rings is 1. The van der Waals surface area contributed by atoms with Gasteiger partial charge in [0.25, 0.3) is 0 Å². The minimum atomic E-state index is 0.629. The van der Waals surface area contributed by atoms with Crippen LogP contribution >= 0.6 is 0 Å². The zero-order valence-electron chi connectivity index (χ0n) is 12.6. The van der Waals surface area contributed by atoms with Crippen LogP contribution in [0.2, 0.25) is 0 Å². The summed E-state index contributed by atoms with van der Waals surface area (Å²) in [5.41, 5.74) is 1.15. The second-order valence-electron chi connectivity index (χ2n) is 5.06. The van der Waals surface area contributed by atoms with Crippen LogP contribution in [0, 0.1) is 0 Å². The van der Waals surface area contributed by atoms with Crippen LogP contribution in [0.15, 0.2) is 36.8 Å². The molecule has 0 bridgehead atoms. The Morgan fingerprint density at radius 1 is 1.05 bits per heavy atom. The lowest BCUT2D eigenvalue weighted by Crippen LogP contribution is -2.16. The molecule has 2 N–H and O–H groups in total. The van der Waals surface area contributed by atoms with Crippen molar-refractivity contribution in [3.8, 4) is 0 Å². The zero-order chi connectivity index (χ0) is 14.9. The molecular formula is C15H22N6. The van der Waals surface area contributed by atoms with E-state index in [2.05, 4.69) is 44.6 Å². The quantitative estimate of drug-likeness (QED) is 0.722. The Hall–Kier alpha value is -2.21. The number of nitrogens with one attached hydrogen (secondary N) is 2. The van der Waals surface area contributed by atoms with Crippen LogP contribution in [-0.4, -0.2) is 47.0 Å². The van der Waals surface area contributed by atoms with Crippen molar-refractivity contribution in [2.24, 2.45) is 0 Å². The van der Waals surface area contributed by atoms with Crippen LogP contribution in [0.25, 0.3) is 0 Å². The van der Waals surface area contributed by atoms with Gasteiger partial charge in [-0.3, -0.25) is 4.98 Å². The average Bonchev–Trinajstić information content (AvgIpc) is 2.51. The molecule has 0 radical (unpaired) electrons. The highest BCUT2D eigenvalue weighted by atomic mass is 15.1. The van der Waals surface area contributed by atoms with Gasteiger partial charge in [0.2, 0.25) is 5.95 Å². The van der Waals surface area contributed by atoms with Crippen molar-refractivity contribution in [2.75, 3.05) is 37.8 Å². The van der Waals surface area contributed by atoms with Gasteiger partial charge in [0.1, 0.15) is 5.82 Å². The smallest absolute Gasteiger partial charge is 0.224 e. The van der Waals surface area contributed by atoms with E-state index in [-0.39, 0.29) is 0 Å². The standard InChI is InChI=1S/C15H22N6/c1-21(2)11-3-7-17-14-6-10-18-15(20-14)19-12-13-4-8-16-9-5-13/h4-6,8-10H,3,7,11-12H2,1-2H3,(H2,17,18,19,20). The summed E-state index contributed by atoms with van der Waals surface area (Å²) in [5.74, 6) is 1.48. The SMILES string of the molecule is CN(C)CCCNc1ccnc(NCc2ccncc2)n1. The monoisotopic (exact) mass is 286 g/mol. The Kier molecular flexibility index (Phi) is 5.90. The molecule has 0 unspecified atom stereocenters. The molecule has 0 spiro atoms. The first-order chi connectivity index (χ1) is 10.2. The lowest BCUT2D eigenvalue weighted by molar-refractivity contribution is 0.405. The summed E-state index contributed by atoms with van der Waals surface area (Å²) < 4.78 is 0. The van der Waals surface area contributed by atoms with Crippen LogP contribution in [0.5, 0.6) is 0 Å². The van der Waals surface area contributed by atoms with Crippen molar-refractivity contribution in [1.29, 1.82) is 0 Å². The molecule has 0 saturated heterocycles. The topological polar surface area (TPSA) is 66.0 Å². The minimum absolute atomic E-state index is 0.629. The third kappa shape index (κ3) is 5.74. The van der Waals surface area contributed by atoms with Gasteiger partial charge in [-0.15, -0.1) is 0 Å². The number of nitrogens with zero attached hydrogens (tertiary/aromatic N) is 4. The summed E-state index contributed by atoms with van der Waals surface area (Å²) in [6.07, 6.45) is 6.40. The first-order valence-corrected chi connectivity index (χ1v) is 7.08. The van der Waals surface area contributed by atoms with Gasteiger partial charge >= 0.3 is 0 Å². The van der Waals surface area contributed by atoms with Crippen molar-refractivity contribution >= 4 is 11.8 Å². The molecule has 112 valence electrons. The van der Waals surface area contributed by atoms with Gasteiger partial charge in [0.05, 0.1) is 0 Å². The number of anilines is 2. The molecule has 0 atom stereocenters. The molecule has 0 aliphatic rings. The molecule has 2 aromatic rings. The molecule has 6 heteroatoms. The summed E-state index contributed by atoms with van der Waals surface area (Å²) >= 11 is 0. The van der Waals surface area contributed by atoms with Crippen molar-refractivity contribution in [1.82, 2.24) is 19.9 Å². The second kappa shape index (κ2) is 8.16. The zero-order valence-corrected chi connectivity index (χ0v) is 12.6. The molecule has 0 aliphatic heterocycles. The maximum absolute atomic E-state index is 4.44. The summed E-state index contributed by atoms with van der Waals surface area (Å²) in [6.45, 7) is 2.65. The van der Waals surface area contributed by atoms with Gasteiger partial charge in [0, 0.05) is 31.7 Å². The van der Waals surface area contributed by atoms with E-state index in [1.165, 1.54) is 0 Å². The van der Waals surface area contributed by atoms with Crippen LogP contribution in [0.1, 0.15) is 12.0 Å². The fourth-order valence-corrected chi connectivity index (χ4v) is 1.84. The van der Waals surface area contributed by atoms with Crippen LogP contribution in [-0.2, 0) is 6.54 Å². The van der Waals surface area contributed by atoms with Crippen molar-refractivity contribution in [3.05, 3.63) is 42.4 Å². The second-order valence-corrected chi connectivity index (χ2v) is 5.06. The van der Waals surface area contributed by atoms with E-state index in [1.54, 1.807) is 18.6 Å². The van der Waals surface area contributed by atoms with Gasteiger partial charge in [-0.05, 0) is 50.8 Å². The third-order valence-corrected chi connectivity index (χ3v) is 2.94. The Morgan fingerprint density at radius 2 is 1.86 bits per heavy atom. The molecule has 0 aliphatic carbocycles. The number of aromatic nitrogens is 3. The first kappa shape index (κ1) is 15.2. The van der Waals surface area contributed by atoms with Gasteiger partial charge in [0.15, 0.2) is 0 Å². The van der Waals surface area contributed by atoms with Gasteiger partial charge in [-0.25, -0.2) is 4.98 Å². The molecule has 2 rings (SSSR count). The molecule has 6 nitrogen and oxygen atoms in total. The Balaban J connectivity index is 1.80. The Morgan fingerprint density at radius 3 is 2.62 bits per heavy atom. The van der Waals surface area contributed by atoms with E-state index in [0.29, 0.717) is 12.5 Å². The fourth-order valence-electron chi connectivity index (χ4n) is 1.84. The van der Waals surface area contributed by atoms with Crippen LogP contribution < -0.4 is 10.6 Å². The van der Waals surface area contributed by atoms with Crippen molar-refractivity contribution in [3.63, 3.8) is 0 Å². The van der Waals surface area contributed by atoms with Crippen molar-refractivity contribution in [2.45, 2.75) is 13.0 Å². The minimum Gasteiger partial charge on any atom is -0.370 e.